The lowest BCUT2D eigenvalue weighted by Gasteiger charge is -2.46. The van der Waals surface area contributed by atoms with Crippen LogP contribution in [0.1, 0.15) is 12.1 Å². The fraction of sp³-hybridized carbons (Fsp3) is 0.615. The van der Waals surface area contributed by atoms with Crippen molar-refractivity contribution in [3.63, 3.8) is 0 Å². The normalized spacial score (nSPS) is 27.7. The molecule has 0 bridgehead atoms. The highest BCUT2D eigenvalue weighted by Crippen LogP contribution is 2.25. The molecule has 0 spiro atoms. The van der Waals surface area contributed by atoms with Gasteiger partial charge in [0.15, 0.2) is 11.5 Å². The van der Waals surface area contributed by atoms with E-state index in [4.69, 9.17) is 10.00 Å². The summed E-state index contributed by atoms with van der Waals surface area (Å²) in [6, 6.07) is 2.49. The van der Waals surface area contributed by atoms with Crippen LogP contribution in [0.4, 0.5) is 5.82 Å². The number of anilines is 1. The minimum Gasteiger partial charge on any atom is -0.375 e. The summed E-state index contributed by atoms with van der Waals surface area (Å²) < 4.78 is 5.82. The minimum absolute atomic E-state index is 0.303. The lowest BCUT2D eigenvalue weighted by atomic mass is 9.99. The van der Waals surface area contributed by atoms with Crippen LogP contribution in [-0.2, 0) is 4.74 Å². The third-order valence-electron chi connectivity index (χ3n) is 3.95. The predicted octanol–water partition coefficient (Wildman–Crippen LogP) is 0.258. The van der Waals surface area contributed by atoms with Gasteiger partial charge in [-0.3, -0.25) is 4.90 Å². The van der Waals surface area contributed by atoms with E-state index in [2.05, 4.69) is 32.9 Å². The number of ether oxygens (including phenoxy) is 1. The molecule has 2 aliphatic rings. The lowest BCUT2D eigenvalue weighted by molar-refractivity contribution is -0.0687. The second-order valence-corrected chi connectivity index (χ2v) is 5.03. The number of hydrogen-bond acceptors (Lipinski definition) is 6. The highest BCUT2D eigenvalue weighted by molar-refractivity contribution is 5.50. The van der Waals surface area contributed by atoms with Gasteiger partial charge in [-0.2, -0.15) is 5.26 Å². The zero-order valence-electron chi connectivity index (χ0n) is 11.0. The number of morpholine rings is 1. The molecular formula is C13H17N5O. The number of aromatic nitrogens is 2. The molecule has 2 saturated heterocycles. The molecule has 6 heteroatoms. The Balaban J connectivity index is 1.82. The quantitative estimate of drug-likeness (QED) is 0.720. The summed E-state index contributed by atoms with van der Waals surface area (Å²) >= 11 is 0. The van der Waals surface area contributed by atoms with Crippen molar-refractivity contribution in [3.05, 3.63) is 18.1 Å². The fourth-order valence-corrected chi connectivity index (χ4v) is 2.87. The molecule has 3 heterocycles. The van der Waals surface area contributed by atoms with Crippen LogP contribution in [0.5, 0.6) is 0 Å². The molecule has 0 aromatic carbocycles. The molecule has 2 unspecified atom stereocenters. The van der Waals surface area contributed by atoms with Crippen LogP contribution in [0.3, 0.4) is 0 Å². The summed E-state index contributed by atoms with van der Waals surface area (Å²) in [5.74, 6) is 0.697. The van der Waals surface area contributed by atoms with Crippen molar-refractivity contribution in [3.8, 4) is 6.07 Å². The number of piperidine rings is 1. The molecule has 1 aromatic rings. The second-order valence-electron chi connectivity index (χ2n) is 5.03. The number of hydrogen-bond donors (Lipinski definition) is 0. The van der Waals surface area contributed by atoms with E-state index in [1.54, 1.807) is 12.4 Å². The van der Waals surface area contributed by atoms with Crippen LogP contribution >= 0.6 is 0 Å². The van der Waals surface area contributed by atoms with Gasteiger partial charge in [0.25, 0.3) is 0 Å². The van der Waals surface area contributed by atoms with Gasteiger partial charge in [-0.15, -0.1) is 0 Å². The fourth-order valence-electron chi connectivity index (χ4n) is 2.87. The molecule has 2 atom stereocenters. The van der Waals surface area contributed by atoms with Crippen LogP contribution in [0, 0.1) is 11.3 Å². The Morgan fingerprint density at radius 2 is 2.21 bits per heavy atom. The van der Waals surface area contributed by atoms with Crippen molar-refractivity contribution in [1.82, 2.24) is 14.9 Å². The molecule has 0 aliphatic carbocycles. The maximum atomic E-state index is 9.12. The number of nitrogens with zero attached hydrogens (tertiary/aromatic N) is 5. The maximum Gasteiger partial charge on any atom is 0.183 e. The third-order valence-corrected chi connectivity index (χ3v) is 3.95. The standard InChI is InChI=1S/C13H17N5O/c1-17-6-7-19-12-2-5-18(9-11(12)17)13-10(8-14)15-3-4-16-13/h3-4,11-12H,2,5-7,9H2,1H3. The first-order valence-corrected chi connectivity index (χ1v) is 6.57. The van der Waals surface area contributed by atoms with Gasteiger partial charge >= 0.3 is 0 Å². The van der Waals surface area contributed by atoms with Gasteiger partial charge in [0.05, 0.1) is 18.8 Å². The zero-order chi connectivity index (χ0) is 13.2. The van der Waals surface area contributed by atoms with E-state index in [9.17, 15) is 0 Å². The average molecular weight is 259 g/mol. The molecule has 0 amide bonds. The van der Waals surface area contributed by atoms with Crippen LogP contribution in [0.15, 0.2) is 12.4 Å². The van der Waals surface area contributed by atoms with Gasteiger partial charge in [0.2, 0.25) is 0 Å². The largest absolute Gasteiger partial charge is 0.375 e. The predicted molar refractivity (Wildman–Crippen MR) is 69.7 cm³/mol. The molecule has 0 N–H and O–H groups in total. The van der Waals surface area contributed by atoms with Gasteiger partial charge in [-0.05, 0) is 13.5 Å². The van der Waals surface area contributed by atoms with Gasteiger partial charge in [0.1, 0.15) is 6.07 Å². The van der Waals surface area contributed by atoms with Crippen molar-refractivity contribution in [2.45, 2.75) is 18.6 Å². The minimum atomic E-state index is 0.303. The summed E-state index contributed by atoms with van der Waals surface area (Å²) in [4.78, 5) is 12.9. The number of nitriles is 1. The summed E-state index contributed by atoms with van der Waals surface area (Å²) in [6.07, 6.45) is 4.47. The molecule has 0 saturated carbocycles. The van der Waals surface area contributed by atoms with Crippen molar-refractivity contribution in [2.75, 3.05) is 38.2 Å². The van der Waals surface area contributed by atoms with E-state index in [0.29, 0.717) is 23.7 Å². The van der Waals surface area contributed by atoms with Crippen LogP contribution in [0.25, 0.3) is 0 Å². The first-order valence-electron chi connectivity index (χ1n) is 6.57. The monoisotopic (exact) mass is 259 g/mol. The molecule has 0 radical (unpaired) electrons. The number of likely N-dealkylation sites (N-methyl/N-ethyl adjacent to an activating group) is 1. The maximum absolute atomic E-state index is 9.12. The molecule has 100 valence electrons. The topological polar surface area (TPSA) is 65.3 Å². The molecule has 2 aliphatic heterocycles. The summed E-state index contributed by atoms with van der Waals surface area (Å²) in [6.45, 7) is 3.48. The van der Waals surface area contributed by atoms with E-state index in [-0.39, 0.29) is 0 Å². The van der Waals surface area contributed by atoms with Gasteiger partial charge in [-0.1, -0.05) is 0 Å². The summed E-state index contributed by atoms with van der Waals surface area (Å²) in [5, 5.41) is 9.12. The highest BCUT2D eigenvalue weighted by Gasteiger charge is 2.36. The smallest absolute Gasteiger partial charge is 0.183 e. The Morgan fingerprint density at radius 3 is 3.05 bits per heavy atom. The Hall–Kier alpha value is -1.71. The lowest BCUT2D eigenvalue weighted by Crippen LogP contribution is -2.59. The Bertz CT molecular complexity index is 500. The van der Waals surface area contributed by atoms with Gasteiger partial charge in [-0.25, -0.2) is 9.97 Å². The van der Waals surface area contributed by atoms with Crippen molar-refractivity contribution in [1.29, 1.82) is 5.26 Å². The summed E-state index contributed by atoms with van der Waals surface area (Å²) in [7, 11) is 2.13. The second kappa shape index (κ2) is 5.11. The highest BCUT2D eigenvalue weighted by atomic mass is 16.5. The average Bonchev–Trinajstić information content (AvgIpc) is 2.47. The molecular weight excluding hydrogens is 242 g/mol. The van der Waals surface area contributed by atoms with Crippen LogP contribution < -0.4 is 4.90 Å². The number of rotatable bonds is 1. The van der Waals surface area contributed by atoms with E-state index in [0.717, 1.165) is 32.7 Å². The van der Waals surface area contributed by atoms with E-state index in [1.165, 1.54) is 0 Å². The number of fused-ring (bicyclic) bond motifs is 1. The Morgan fingerprint density at radius 1 is 1.37 bits per heavy atom. The van der Waals surface area contributed by atoms with E-state index in [1.807, 2.05) is 0 Å². The first-order chi connectivity index (χ1) is 9.29. The molecule has 1 aromatic heterocycles. The van der Waals surface area contributed by atoms with Crippen molar-refractivity contribution >= 4 is 5.82 Å². The van der Waals surface area contributed by atoms with Crippen LogP contribution in [0.2, 0.25) is 0 Å². The van der Waals surface area contributed by atoms with Gasteiger partial charge in [0, 0.05) is 32.0 Å². The van der Waals surface area contributed by atoms with Gasteiger partial charge < -0.3 is 9.64 Å². The Kier molecular flexibility index (Phi) is 3.32. The Labute approximate surface area is 112 Å². The van der Waals surface area contributed by atoms with E-state index >= 15 is 0 Å². The summed E-state index contributed by atoms with van der Waals surface area (Å²) in [5.41, 5.74) is 0.403. The van der Waals surface area contributed by atoms with E-state index < -0.39 is 0 Å². The van der Waals surface area contributed by atoms with Crippen molar-refractivity contribution < 1.29 is 4.74 Å². The van der Waals surface area contributed by atoms with Crippen LogP contribution in [-0.4, -0.2) is 60.3 Å². The molecule has 3 rings (SSSR count). The SMILES string of the molecule is CN1CCOC2CCN(c3nccnc3C#N)CC21. The molecule has 19 heavy (non-hydrogen) atoms. The van der Waals surface area contributed by atoms with Crippen molar-refractivity contribution in [2.24, 2.45) is 0 Å². The molecule has 6 nitrogen and oxygen atoms in total. The zero-order valence-corrected chi connectivity index (χ0v) is 11.0. The molecule has 2 fully saturated rings. The third kappa shape index (κ3) is 2.27. The first kappa shape index (κ1) is 12.3.